The summed E-state index contributed by atoms with van der Waals surface area (Å²) in [6.07, 6.45) is 0. The van der Waals surface area contributed by atoms with Crippen LogP contribution >= 0.6 is 0 Å². The number of benzene rings is 9. The van der Waals surface area contributed by atoms with Gasteiger partial charge in [-0.1, -0.05) is 127 Å². The Hall–Kier alpha value is -5.92. The number of rotatable bonds is 3. The van der Waals surface area contributed by atoms with Crippen molar-refractivity contribution in [1.82, 2.24) is 0 Å². The zero-order valence-corrected chi connectivity index (χ0v) is 24.4. The third-order valence-electron chi connectivity index (χ3n) is 9.60. The van der Waals surface area contributed by atoms with E-state index in [1.165, 1.54) is 87.2 Å². The average Bonchev–Trinajstić information content (AvgIpc) is 3.49. The lowest BCUT2D eigenvalue weighted by Crippen LogP contribution is -1.92. The van der Waals surface area contributed by atoms with Crippen LogP contribution in [0.25, 0.3) is 98.4 Å². The van der Waals surface area contributed by atoms with Gasteiger partial charge in [-0.05, 0) is 107 Å². The van der Waals surface area contributed by atoms with Crippen molar-refractivity contribution in [3.63, 3.8) is 0 Å². The Morgan fingerprint density at radius 2 is 0.933 bits per heavy atom. The van der Waals surface area contributed by atoms with Gasteiger partial charge in [0.05, 0.1) is 0 Å². The maximum atomic E-state index is 6.33. The topological polar surface area (TPSA) is 13.1 Å². The molecule has 0 bridgehead atoms. The third-order valence-corrected chi connectivity index (χ3v) is 9.60. The summed E-state index contributed by atoms with van der Waals surface area (Å²) in [6, 6.07) is 57.4. The first-order valence-corrected chi connectivity index (χ1v) is 15.5. The molecule has 0 spiro atoms. The van der Waals surface area contributed by atoms with E-state index in [0.29, 0.717) is 0 Å². The van der Waals surface area contributed by atoms with Gasteiger partial charge in [0.1, 0.15) is 11.2 Å². The van der Waals surface area contributed by atoms with Crippen LogP contribution in [0.4, 0.5) is 0 Å². The van der Waals surface area contributed by atoms with Crippen molar-refractivity contribution in [1.29, 1.82) is 0 Å². The number of hydrogen-bond donors (Lipinski definition) is 0. The van der Waals surface area contributed by atoms with E-state index < -0.39 is 0 Å². The third kappa shape index (κ3) is 3.56. The zero-order chi connectivity index (χ0) is 29.5. The van der Waals surface area contributed by atoms with Crippen LogP contribution in [-0.4, -0.2) is 0 Å². The van der Waals surface area contributed by atoms with Crippen molar-refractivity contribution >= 4 is 65.0 Å². The molecule has 45 heavy (non-hydrogen) atoms. The maximum Gasteiger partial charge on any atom is 0.136 e. The van der Waals surface area contributed by atoms with Crippen molar-refractivity contribution in [2.45, 2.75) is 0 Å². The molecule has 0 aliphatic heterocycles. The van der Waals surface area contributed by atoms with Gasteiger partial charge >= 0.3 is 0 Å². The van der Waals surface area contributed by atoms with Crippen LogP contribution in [0.3, 0.4) is 0 Å². The molecule has 9 aromatic carbocycles. The molecule has 1 nitrogen and oxygen atoms in total. The zero-order valence-electron chi connectivity index (χ0n) is 24.4. The second kappa shape index (κ2) is 9.29. The molecule has 0 saturated carbocycles. The van der Waals surface area contributed by atoms with Gasteiger partial charge in [0.15, 0.2) is 0 Å². The van der Waals surface area contributed by atoms with E-state index in [0.717, 1.165) is 11.2 Å². The second-order valence-corrected chi connectivity index (χ2v) is 12.0. The van der Waals surface area contributed by atoms with Gasteiger partial charge < -0.3 is 4.42 Å². The highest BCUT2D eigenvalue weighted by molar-refractivity contribution is 6.28. The molecule has 0 fully saturated rings. The molecule has 0 amide bonds. The number of furan rings is 1. The summed E-state index contributed by atoms with van der Waals surface area (Å²) in [5, 5.41) is 12.4. The molecule has 10 rings (SSSR count). The van der Waals surface area contributed by atoms with E-state index in [1.54, 1.807) is 0 Å². The lowest BCUT2D eigenvalue weighted by Gasteiger charge is -2.19. The van der Waals surface area contributed by atoms with E-state index in [4.69, 9.17) is 4.42 Å². The van der Waals surface area contributed by atoms with Crippen LogP contribution in [0.2, 0.25) is 0 Å². The molecule has 0 radical (unpaired) electrons. The Kier molecular flexibility index (Phi) is 5.06. The quantitative estimate of drug-likeness (QED) is 0.152. The monoisotopic (exact) mass is 570 g/mol. The smallest absolute Gasteiger partial charge is 0.136 e. The fraction of sp³-hybridized carbons (Fsp3) is 0. The molecule has 0 N–H and O–H groups in total. The van der Waals surface area contributed by atoms with Crippen molar-refractivity contribution in [2.24, 2.45) is 0 Å². The van der Waals surface area contributed by atoms with Gasteiger partial charge in [-0.2, -0.15) is 0 Å². The van der Waals surface area contributed by atoms with Gasteiger partial charge in [-0.3, -0.25) is 0 Å². The van der Waals surface area contributed by atoms with E-state index in [2.05, 4.69) is 158 Å². The SMILES string of the molecule is c1ccc(-c2ccc3ccc(-c4c5ccccc5c(-c5ccc6oc7cccc8ccc5c6c87)c5ccccc45)cc3c2)cc1. The Balaban J connectivity index is 1.27. The van der Waals surface area contributed by atoms with Crippen LogP contribution in [0, 0.1) is 0 Å². The van der Waals surface area contributed by atoms with Gasteiger partial charge in [-0.25, -0.2) is 0 Å². The summed E-state index contributed by atoms with van der Waals surface area (Å²) in [5.74, 6) is 0. The molecule has 0 aliphatic rings. The molecule has 1 aromatic heterocycles. The first kappa shape index (κ1) is 24.5. The van der Waals surface area contributed by atoms with Gasteiger partial charge in [-0.15, -0.1) is 0 Å². The summed E-state index contributed by atoms with van der Waals surface area (Å²) in [5.41, 5.74) is 9.37. The molecule has 0 aliphatic carbocycles. The van der Waals surface area contributed by atoms with Crippen molar-refractivity contribution in [3.05, 3.63) is 158 Å². The van der Waals surface area contributed by atoms with Crippen LogP contribution < -0.4 is 0 Å². The first-order valence-electron chi connectivity index (χ1n) is 15.5. The normalized spacial score (nSPS) is 12.0. The second-order valence-electron chi connectivity index (χ2n) is 12.0. The average molecular weight is 571 g/mol. The Bertz CT molecular complexity index is 2690. The van der Waals surface area contributed by atoms with E-state index in [-0.39, 0.29) is 0 Å². The first-order chi connectivity index (χ1) is 22.3. The number of fused-ring (bicyclic) bond motifs is 3. The molecule has 10 aromatic rings. The standard InChI is InChI=1S/C44H26O/c1-2-9-27(10-3-1)30-19-17-28-18-20-31(26-32(28)25-30)41-33-12-4-6-14-35(33)43(36-15-7-5-13-34(36)41)37-23-24-40-44-38(37)22-21-29-11-8-16-39(45-40)42(29)44/h1-26H. The summed E-state index contributed by atoms with van der Waals surface area (Å²) in [7, 11) is 0. The largest absolute Gasteiger partial charge is 0.456 e. The lowest BCUT2D eigenvalue weighted by molar-refractivity contribution is 0.669. The van der Waals surface area contributed by atoms with Crippen LogP contribution in [0.1, 0.15) is 0 Å². The highest BCUT2D eigenvalue weighted by Crippen LogP contribution is 2.48. The molecular formula is C44H26O. The van der Waals surface area contributed by atoms with Crippen LogP contribution in [-0.2, 0) is 0 Å². The van der Waals surface area contributed by atoms with Crippen molar-refractivity contribution < 1.29 is 4.42 Å². The highest BCUT2D eigenvalue weighted by atomic mass is 16.3. The Morgan fingerprint density at radius 3 is 1.69 bits per heavy atom. The Labute approximate surface area is 259 Å². The summed E-state index contributed by atoms with van der Waals surface area (Å²) in [4.78, 5) is 0. The van der Waals surface area contributed by atoms with Gasteiger partial charge in [0, 0.05) is 10.8 Å². The van der Waals surface area contributed by atoms with E-state index in [9.17, 15) is 0 Å². The Morgan fingerprint density at radius 1 is 0.311 bits per heavy atom. The molecule has 208 valence electrons. The van der Waals surface area contributed by atoms with Crippen molar-refractivity contribution in [2.75, 3.05) is 0 Å². The molecular weight excluding hydrogens is 544 g/mol. The minimum Gasteiger partial charge on any atom is -0.456 e. The fourth-order valence-electron chi connectivity index (χ4n) is 7.61. The summed E-state index contributed by atoms with van der Waals surface area (Å²) >= 11 is 0. The number of hydrogen-bond acceptors (Lipinski definition) is 1. The minimum absolute atomic E-state index is 0.941. The predicted molar refractivity (Wildman–Crippen MR) is 191 cm³/mol. The van der Waals surface area contributed by atoms with E-state index in [1.807, 2.05) is 0 Å². The molecule has 0 unspecified atom stereocenters. The van der Waals surface area contributed by atoms with E-state index >= 15 is 0 Å². The fourth-order valence-corrected chi connectivity index (χ4v) is 7.61. The predicted octanol–water partition coefficient (Wildman–Crippen LogP) is 12.6. The highest BCUT2D eigenvalue weighted by Gasteiger charge is 2.21. The van der Waals surface area contributed by atoms with Crippen LogP contribution in [0.5, 0.6) is 0 Å². The minimum atomic E-state index is 0.941. The summed E-state index contributed by atoms with van der Waals surface area (Å²) in [6.45, 7) is 0. The molecule has 1 heteroatoms. The van der Waals surface area contributed by atoms with Gasteiger partial charge in [0.25, 0.3) is 0 Å². The van der Waals surface area contributed by atoms with Crippen LogP contribution in [0.15, 0.2) is 162 Å². The van der Waals surface area contributed by atoms with Crippen molar-refractivity contribution in [3.8, 4) is 33.4 Å². The van der Waals surface area contributed by atoms with Gasteiger partial charge in [0.2, 0.25) is 0 Å². The maximum absolute atomic E-state index is 6.33. The molecule has 0 saturated heterocycles. The lowest BCUT2D eigenvalue weighted by atomic mass is 9.84. The molecule has 1 heterocycles. The molecule has 0 atom stereocenters. The summed E-state index contributed by atoms with van der Waals surface area (Å²) < 4.78 is 6.33.